The van der Waals surface area contributed by atoms with Crippen molar-refractivity contribution < 1.29 is 4.79 Å². The van der Waals surface area contributed by atoms with E-state index < -0.39 is 0 Å². The number of aromatic nitrogens is 2. The van der Waals surface area contributed by atoms with Crippen LogP contribution in [0.1, 0.15) is 53.6 Å². The van der Waals surface area contributed by atoms with Gasteiger partial charge in [0.2, 0.25) is 5.95 Å². The summed E-state index contributed by atoms with van der Waals surface area (Å²) in [7, 11) is 0. The molecule has 1 fully saturated rings. The van der Waals surface area contributed by atoms with Crippen LogP contribution in [-0.2, 0) is 6.54 Å². The van der Waals surface area contributed by atoms with Crippen LogP contribution in [0.25, 0.3) is 11.1 Å². The minimum Gasteiger partial charge on any atom is -0.351 e. The summed E-state index contributed by atoms with van der Waals surface area (Å²) in [4.78, 5) is 21.6. The van der Waals surface area contributed by atoms with Crippen molar-refractivity contribution in [1.82, 2.24) is 15.3 Å². The summed E-state index contributed by atoms with van der Waals surface area (Å²) in [5, 5.41) is 6.43. The molecule has 0 aliphatic heterocycles. The van der Waals surface area contributed by atoms with E-state index >= 15 is 0 Å². The summed E-state index contributed by atoms with van der Waals surface area (Å²) in [6.07, 6.45) is 9.88. The van der Waals surface area contributed by atoms with Crippen molar-refractivity contribution in [1.29, 1.82) is 0 Å². The molecule has 0 unspecified atom stereocenters. The summed E-state index contributed by atoms with van der Waals surface area (Å²) in [5.74, 6) is 0.589. The Bertz CT molecular complexity index is 977. The largest absolute Gasteiger partial charge is 0.351 e. The Morgan fingerprint density at radius 2 is 1.70 bits per heavy atom. The van der Waals surface area contributed by atoms with Crippen LogP contribution in [0.3, 0.4) is 0 Å². The van der Waals surface area contributed by atoms with Crippen LogP contribution < -0.4 is 10.6 Å². The summed E-state index contributed by atoms with van der Waals surface area (Å²) in [6, 6.07) is 16.2. The first-order valence-corrected chi connectivity index (χ1v) is 10.7. The normalized spacial score (nSPS) is 14.3. The number of aryl methyl sites for hydroxylation is 1. The van der Waals surface area contributed by atoms with E-state index in [9.17, 15) is 4.79 Å². The second kappa shape index (κ2) is 9.53. The lowest BCUT2D eigenvalue weighted by Gasteiger charge is -2.22. The smallest absolute Gasteiger partial charge is 0.251 e. The molecular weight excluding hydrogens is 372 g/mol. The number of nitrogens with one attached hydrogen (secondary N) is 2. The third kappa shape index (κ3) is 5.23. The van der Waals surface area contributed by atoms with Gasteiger partial charge in [-0.05, 0) is 43.0 Å². The molecule has 1 aliphatic rings. The Morgan fingerprint density at radius 3 is 2.43 bits per heavy atom. The highest BCUT2D eigenvalue weighted by Crippen LogP contribution is 2.22. The van der Waals surface area contributed by atoms with Gasteiger partial charge in [0.15, 0.2) is 0 Å². The predicted molar refractivity (Wildman–Crippen MR) is 120 cm³/mol. The first-order chi connectivity index (χ1) is 14.7. The molecule has 1 heterocycles. The molecule has 1 aliphatic carbocycles. The van der Waals surface area contributed by atoms with E-state index in [2.05, 4.69) is 39.7 Å². The number of amides is 1. The summed E-state index contributed by atoms with van der Waals surface area (Å²) in [6.45, 7) is 2.56. The number of hydrogen-bond acceptors (Lipinski definition) is 4. The van der Waals surface area contributed by atoms with Crippen molar-refractivity contribution >= 4 is 11.9 Å². The highest BCUT2D eigenvalue weighted by atomic mass is 16.1. The quantitative estimate of drug-likeness (QED) is 0.602. The average molecular weight is 401 g/mol. The van der Waals surface area contributed by atoms with Crippen LogP contribution >= 0.6 is 0 Å². The van der Waals surface area contributed by atoms with Gasteiger partial charge < -0.3 is 10.6 Å². The second-order valence-corrected chi connectivity index (χ2v) is 8.02. The highest BCUT2D eigenvalue weighted by Gasteiger charge is 2.14. The monoisotopic (exact) mass is 400 g/mol. The van der Waals surface area contributed by atoms with Crippen molar-refractivity contribution in [3.63, 3.8) is 0 Å². The molecule has 0 bridgehead atoms. The Kier molecular flexibility index (Phi) is 6.38. The molecule has 1 aromatic heterocycles. The van der Waals surface area contributed by atoms with Crippen LogP contribution in [-0.4, -0.2) is 21.9 Å². The number of carbonyl (C=O) groups is 1. The maximum atomic E-state index is 12.6. The minimum atomic E-state index is -0.0890. The van der Waals surface area contributed by atoms with E-state index in [-0.39, 0.29) is 5.91 Å². The van der Waals surface area contributed by atoms with Gasteiger partial charge in [-0.15, -0.1) is 0 Å². The lowest BCUT2D eigenvalue weighted by Crippen LogP contribution is -2.23. The first-order valence-electron chi connectivity index (χ1n) is 10.7. The maximum Gasteiger partial charge on any atom is 0.251 e. The molecule has 30 heavy (non-hydrogen) atoms. The van der Waals surface area contributed by atoms with Gasteiger partial charge in [0.1, 0.15) is 0 Å². The highest BCUT2D eigenvalue weighted by molar-refractivity contribution is 5.95. The number of benzene rings is 2. The molecule has 2 N–H and O–H groups in total. The van der Waals surface area contributed by atoms with Gasteiger partial charge in [-0.3, -0.25) is 4.79 Å². The lowest BCUT2D eigenvalue weighted by molar-refractivity contribution is 0.0951. The molecule has 0 atom stereocenters. The van der Waals surface area contributed by atoms with Gasteiger partial charge in [-0.25, -0.2) is 9.97 Å². The van der Waals surface area contributed by atoms with Gasteiger partial charge in [-0.1, -0.05) is 61.2 Å². The number of nitrogens with zero attached hydrogens (tertiary/aromatic N) is 2. The van der Waals surface area contributed by atoms with Gasteiger partial charge in [0, 0.05) is 36.1 Å². The van der Waals surface area contributed by atoms with Gasteiger partial charge in [0.25, 0.3) is 5.91 Å². The van der Waals surface area contributed by atoms with E-state index in [4.69, 9.17) is 0 Å². The standard InChI is InChI=1S/C25H28N4O/c1-18-10-12-19(13-11-18)15-26-24(30)21-7-5-6-20(14-21)22-16-27-25(28-17-22)29-23-8-3-2-4-9-23/h5-7,10-14,16-17,23H,2-4,8-9,15H2,1H3,(H,26,30)(H,27,28,29). The molecule has 2 aromatic carbocycles. The van der Waals surface area contributed by atoms with Gasteiger partial charge in [-0.2, -0.15) is 0 Å². The molecule has 1 saturated carbocycles. The predicted octanol–water partition coefficient (Wildman–Crippen LogP) is 5.13. The fourth-order valence-corrected chi connectivity index (χ4v) is 3.81. The molecule has 0 saturated heterocycles. The van der Waals surface area contributed by atoms with Gasteiger partial charge in [0.05, 0.1) is 0 Å². The minimum absolute atomic E-state index is 0.0890. The molecule has 154 valence electrons. The SMILES string of the molecule is Cc1ccc(CNC(=O)c2cccc(-c3cnc(NC4CCCCC4)nc3)c2)cc1. The average Bonchev–Trinajstić information content (AvgIpc) is 2.80. The number of carbonyl (C=O) groups excluding carboxylic acids is 1. The molecule has 0 radical (unpaired) electrons. The Labute approximate surface area is 178 Å². The number of hydrogen-bond donors (Lipinski definition) is 2. The van der Waals surface area contributed by atoms with Crippen molar-refractivity contribution in [2.24, 2.45) is 0 Å². The first kappa shape index (κ1) is 20.1. The molecular formula is C25H28N4O. The van der Waals surface area contributed by atoms with E-state index in [0.717, 1.165) is 16.7 Å². The zero-order valence-corrected chi connectivity index (χ0v) is 17.4. The summed E-state index contributed by atoms with van der Waals surface area (Å²) < 4.78 is 0. The summed E-state index contributed by atoms with van der Waals surface area (Å²) >= 11 is 0. The zero-order valence-electron chi connectivity index (χ0n) is 17.4. The number of rotatable bonds is 6. The maximum absolute atomic E-state index is 12.6. The molecule has 0 spiro atoms. The van der Waals surface area contributed by atoms with Crippen LogP contribution in [0.5, 0.6) is 0 Å². The lowest BCUT2D eigenvalue weighted by atomic mass is 9.96. The third-order valence-electron chi connectivity index (χ3n) is 5.62. The van der Waals surface area contributed by atoms with Crippen molar-refractivity contribution in [2.45, 2.75) is 51.6 Å². The van der Waals surface area contributed by atoms with Crippen molar-refractivity contribution in [3.8, 4) is 11.1 Å². The van der Waals surface area contributed by atoms with Crippen LogP contribution in [0.4, 0.5) is 5.95 Å². The van der Waals surface area contributed by atoms with Gasteiger partial charge >= 0.3 is 0 Å². The zero-order chi connectivity index (χ0) is 20.8. The fraction of sp³-hybridized carbons (Fsp3) is 0.320. The van der Waals surface area contributed by atoms with Crippen LogP contribution in [0, 0.1) is 6.92 Å². The van der Waals surface area contributed by atoms with Crippen LogP contribution in [0.15, 0.2) is 60.9 Å². The summed E-state index contributed by atoms with van der Waals surface area (Å²) in [5.41, 5.74) is 4.75. The van der Waals surface area contributed by atoms with E-state index in [1.807, 2.05) is 48.8 Å². The number of anilines is 1. The topological polar surface area (TPSA) is 66.9 Å². The van der Waals surface area contributed by atoms with Crippen LogP contribution in [0.2, 0.25) is 0 Å². The molecule has 4 rings (SSSR count). The van der Waals surface area contributed by atoms with Crippen molar-refractivity contribution in [2.75, 3.05) is 5.32 Å². The Balaban J connectivity index is 1.39. The Hall–Kier alpha value is -3.21. The fourth-order valence-electron chi connectivity index (χ4n) is 3.81. The van der Waals surface area contributed by atoms with E-state index in [1.165, 1.54) is 37.7 Å². The molecule has 5 heteroatoms. The van der Waals surface area contributed by atoms with Crippen molar-refractivity contribution in [3.05, 3.63) is 77.6 Å². The third-order valence-corrected chi connectivity index (χ3v) is 5.62. The van der Waals surface area contributed by atoms with E-state index in [0.29, 0.717) is 24.1 Å². The van der Waals surface area contributed by atoms with E-state index in [1.54, 1.807) is 0 Å². The molecule has 1 amide bonds. The molecule has 3 aromatic rings. The Morgan fingerprint density at radius 1 is 0.967 bits per heavy atom. The second-order valence-electron chi connectivity index (χ2n) is 8.02. The molecule has 5 nitrogen and oxygen atoms in total.